The molecule has 0 radical (unpaired) electrons. The number of amides is 1. The molecule has 1 amide bonds. The van der Waals surface area contributed by atoms with Gasteiger partial charge in [0.05, 0.1) is 11.1 Å². The minimum absolute atomic E-state index is 0.0252. The molecule has 0 saturated heterocycles. The molecule has 1 aromatic rings. The molecule has 118 valence electrons. The molecule has 0 bridgehead atoms. The number of alkyl halides is 3. The van der Waals surface area contributed by atoms with Crippen molar-refractivity contribution in [2.45, 2.75) is 12.6 Å². The van der Waals surface area contributed by atoms with Crippen LogP contribution < -0.4 is 0 Å². The first-order valence-corrected chi connectivity index (χ1v) is 7.19. The summed E-state index contributed by atoms with van der Waals surface area (Å²) in [5.41, 5.74) is -0.798. The Morgan fingerprint density at radius 1 is 1.19 bits per heavy atom. The molecule has 0 aliphatic heterocycles. The Balaban J connectivity index is 2.86. The number of carbonyl (C=O) groups excluding carboxylic acids is 1. The Kier molecular flexibility index (Phi) is 6.22. The average Bonchev–Trinajstić information content (AvgIpc) is 2.36. The molecule has 0 atom stereocenters. The van der Waals surface area contributed by atoms with E-state index in [9.17, 15) is 18.0 Å². The summed E-state index contributed by atoms with van der Waals surface area (Å²) in [6.45, 7) is 1.29. The van der Waals surface area contributed by atoms with Gasteiger partial charge in [0.1, 0.15) is 0 Å². The monoisotopic (exact) mass is 366 g/mol. The van der Waals surface area contributed by atoms with Gasteiger partial charge in [-0.3, -0.25) is 4.79 Å². The van der Waals surface area contributed by atoms with Gasteiger partial charge in [0.25, 0.3) is 5.91 Å². The lowest BCUT2D eigenvalue weighted by Gasteiger charge is -2.20. The normalized spacial score (nSPS) is 11.8. The third kappa shape index (κ3) is 5.32. The molecule has 0 aliphatic rings. The highest BCUT2D eigenvalue weighted by Crippen LogP contribution is 2.32. The second kappa shape index (κ2) is 7.26. The van der Waals surface area contributed by atoms with Crippen molar-refractivity contribution >= 4 is 21.8 Å². The van der Waals surface area contributed by atoms with Crippen LogP contribution in [0, 0.1) is 0 Å². The van der Waals surface area contributed by atoms with Gasteiger partial charge in [-0.15, -0.1) is 0 Å². The fourth-order valence-corrected chi connectivity index (χ4v) is 2.21. The summed E-state index contributed by atoms with van der Waals surface area (Å²) in [7, 11) is 5.43. The molecule has 0 unspecified atom stereocenters. The maximum absolute atomic E-state index is 12.7. The molecular formula is C14H18BrF3N2O. The number of halogens is 4. The first-order valence-electron chi connectivity index (χ1n) is 6.40. The van der Waals surface area contributed by atoms with Crippen LogP contribution in [0.3, 0.4) is 0 Å². The third-order valence-corrected chi connectivity index (χ3v) is 3.66. The molecule has 0 fully saturated rings. The van der Waals surface area contributed by atoms with Gasteiger partial charge in [0.2, 0.25) is 0 Å². The van der Waals surface area contributed by atoms with E-state index >= 15 is 0 Å². The van der Waals surface area contributed by atoms with E-state index in [0.717, 1.165) is 25.1 Å². The SMILES string of the molecule is CN(C)CCCN(C)C(=O)c1cc(C(F)(F)F)ccc1Br. The second-order valence-electron chi connectivity index (χ2n) is 5.08. The van der Waals surface area contributed by atoms with Gasteiger partial charge < -0.3 is 9.80 Å². The van der Waals surface area contributed by atoms with Gasteiger partial charge >= 0.3 is 6.18 Å². The first-order chi connectivity index (χ1) is 9.62. The van der Waals surface area contributed by atoms with Gasteiger partial charge in [-0.25, -0.2) is 0 Å². The molecule has 3 nitrogen and oxygen atoms in total. The smallest absolute Gasteiger partial charge is 0.342 e. The number of hydrogen-bond acceptors (Lipinski definition) is 2. The number of nitrogens with zero attached hydrogens (tertiary/aromatic N) is 2. The molecule has 7 heteroatoms. The lowest BCUT2D eigenvalue weighted by molar-refractivity contribution is -0.137. The fourth-order valence-electron chi connectivity index (χ4n) is 1.80. The van der Waals surface area contributed by atoms with E-state index < -0.39 is 17.6 Å². The fraction of sp³-hybridized carbons (Fsp3) is 0.500. The van der Waals surface area contributed by atoms with E-state index in [2.05, 4.69) is 15.9 Å². The standard InChI is InChI=1S/C14H18BrF3N2O/c1-19(2)7-4-8-20(3)13(21)11-9-10(14(16,17)18)5-6-12(11)15/h5-6,9H,4,7-8H2,1-3H3. The molecule has 0 aliphatic carbocycles. The first kappa shape index (κ1) is 18.0. The quantitative estimate of drug-likeness (QED) is 0.796. The van der Waals surface area contributed by atoms with Crippen molar-refractivity contribution in [1.29, 1.82) is 0 Å². The van der Waals surface area contributed by atoms with Gasteiger partial charge in [-0.1, -0.05) is 0 Å². The highest BCUT2D eigenvalue weighted by Gasteiger charge is 2.31. The van der Waals surface area contributed by atoms with Crippen LogP contribution in [0.2, 0.25) is 0 Å². The largest absolute Gasteiger partial charge is 0.416 e. The third-order valence-electron chi connectivity index (χ3n) is 2.97. The second-order valence-corrected chi connectivity index (χ2v) is 5.93. The van der Waals surface area contributed by atoms with Crippen molar-refractivity contribution in [2.24, 2.45) is 0 Å². The summed E-state index contributed by atoms with van der Waals surface area (Å²) in [4.78, 5) is 15.7. The Labute approximate surface area is 130 Å². The highest BCUT2D eigenvalue weighted by molar-refractivity contribution is 9.10. The summed E-state index contributed by atoms with van der Waals surface area (Å²) in [5, 5.41) is 0. The molecule has 1 aromatic carbocycles. The average molecular weight is 367 g/mol. The summed E-state index contributed by atoms with van der Waals surface area (Å²) in [5.74, 6) is -0.424. The zero-order chi connectivity index (χ0) is 16.2. The van der Waals surface area contributed by atoms with E-state index in [4.69, 9.17) is 0 Å². The Bertz CT molecular complexity index is 503. The highest BCUT2D eigenvalue weighted by atomic mass is 79.9. The van der Waals surface area contributed by atoms with Gasteiger partial charge in [0.15, 0.2) is 0 Å². The maximum atomic E-state index is 12.7. The molecule has 21 heavy (non-hydrogen) atoms. The van der Waals surface area contributed by atoms with Crippen molar-refractivity contribution in [1.82, 2.24) is 9.80 Å². The molecule has 0 aromatic heterocycles. The number of hydrogen-bond donors (Lipinski definition) is 0. The van der Waals surface area contributed by atoms with Crippen LogP contribution >= 0.6 is 15.9 Å². The van der Waals surface area contributed by atoms with Crippen LogP contribution in [0.4, 0.5) is 13.2 Å². The van der Waals surface area contributed by atoms with Crippen LogP contribution in [0.1, 0.15) is 22.3 Å². The molecule has 0 N–H and O–H groups in total. The van der Waals surface area contributed by atoms with E-state index in [1.54, 1.807) is 7.05 Å². The minimum Gasteiger partial charge on any atom is -0.342 e. The summed E-state index contributed by atoms with van der Waals surface area (Å²) >= 11 is 3.13. The molecule has 0 heterocycles. The maximum Gasteiger partial charge on any atom is 0.416 e. The van der Waals surface area contributed by atoms with Crippen LogP contribution in [-0.4, -0.2) is 49.9 Å². The van der Waals surface area contributed by atoms with Crippen molar-refractivity contribution in [3.63, 3.8) is 0 Å². The molecular weight excluding hydrogens is 349 g/mol. The van der Waals surface area contributed by atoms with Crippen LogP contribution in [-0.2, 0) is 6.18 Å². The minimum atomic E-state index is -4.46. The lowest BCUT2D eigenvalue weighted by Crippen LogP contribution is -2.30. The molecule has 0 spiro atoms. The van der Waals surface area contributed by atoms with Crippen molar-refractivity contribution in [2.75, 3.05) is 34.2 Å². The predicted octanol–water partition coefficient (Wildman–Crippen LogP) is 3.49. The van der Waals surface area contributed by atoms with Crippen LogP contribution in [0.5, 0.6) is 0 Å². The van der Waals surface area contributed by atoms with E-state index in [1.165, 1.54) is 11.0 Å². The zero-order valence-corrected chi connectivity index (χ0v) is 13.8. The van der Waals surface area contributed by atoms with Crippen LogP contribution in [0.15, 0.2) is 22.7 Å². The van der Waals surface area contributed by atoms with Crippen molar-refractivity contribution < 1.29 is 18.0 Å². The van der Waals surface area contributed by atoms with E-state index in [0.29, 0.717) is 11.0 Å². The number of benzene rings is 1. The lowest BCUT2D eigenvalue weighted by atomic mass is 10.1. The van der Waals surface area contributed by atoms with Crippen molar-refractivity contribution in [3.05, 3.63) is 33.8 Å². The van der Waals surface area contributed by atoms with Gasteiger partial charge in [-0.05, 0) is 61.2 Å². The van der Waals surface area contributed by atoms with Crippen LogP contribution in [0.25, 0.3) is 0 Å². The van der Waals surface area contributed by atoms with E-state index in [-0.39, 0.29) is 5.56 Å². The van der Waals surface area contributed by atoms with E-state index in [1.807, 2.05) is 19.0 Å². The van der Waals surface area contributed by atoms with Gasteiger partial charge in [0, 0.05) is 18.1 Å². The van der Waals surface area contributed by atoms with Gasteiger partial charge in [-0.2, -0.15) is 13.2 Å². The number of carbonyl (C=O) groups is 1. The summed E-state index contributed by atoms with van der Waals surface area (Å²) < 4.78 is 38.5. The Hall–Kier alpha value is -1.08. The summed E-state index contributed by atoms with van der Waals surface area (Å²) in [6.07, 6.45) is -3.70. The van der Waals surface area contributed by atoms with Crippen molar-refractivity contribution in [3.8, 4) is 0 Å². The zero-order valence-electron chi connectivity index (χ0n) is 12.2. The molecule has 0 saturated carbocycles. The Morgan fingerprint density at radius 2 is 1.81 bits per heavy atom. The number of rotatable bonds is 5. The topological polar surface area (TPSA) is 23.6 Å². The predicted molar refractivity (Wildman–Crippen MR) is 79.3 cm³/mol. The molecule has 1 rings (SSSR count). The summed E-state index contributed by atoms with van der Waals surface area (Å²) in [6, 6.07) is 3.09. The Morgan fingerprint density at radius 3 is 2.33 bits per heavy atom.